The zero-order valence-electron chi connectivity index (χ0n) is 14.0. The molecule has 0 atom stereocenters. The van der Waals surface area contributed by atoms with Crippen LogP contribution in [0.4, 0.5) is 0 Å². The number of H-pyrrole nitrogens is 1. The van der Waals surface area contributed by atoms with Gasteiger partial charge in [-0.2, -0.15) is 0 Å². The van der Waals surface area contributed by atoms with Crippen LogP contribution in [-0.4, -0.2) is 26.4 Å². The first-order valence-corrected chi connectivity index (χ1v) is 8.80. The van der Waals surface area contributed by atoms with Crippen LogP contribution >= 0.6 is 11.6 Å². The summed E-state index contributed by atoms with van der Waals surface area (Å²) in [6, 6.07) is 6.00. The maximum absolute atomic E-state index is 6.16. The number of nitrogens with zero attached hydrogens (tertiary/aromatic N) is 3. The minimum Gasteiger partial charge on any atom is -0.361 e. The van der Waals surface area contributed by atoms with Gasteiger partial charge in [0.2, 0.25) is 0 Å². The summed E-state index contributed by atoms with van der Waals surface area (Å²) >= 11 is 6.16. The standard InChI is InChI=1S/C19H21ClN4/c1-12(2)19-22-8-13-5-6-24(11-18(13)23-19)10-14-9-21-17-4-3-15(20)7-16(14)17/h3-4,7-9,12,21H,5-6,10-11H2,1-2H3. The van der Waals surface area contributed by atoms with Crippen molar-refractivity contribution >= 4 is 22.5 Å². The molecule has 2 aromatic heterocycles. The van der Waals surface area contributed by atoms with Crippen molar-refractivity contribution in [3.63, 3.8) is 0 Å². The molecule has 0 radical (unpaired) electrons. The SMILES string of the molecule is CC(C)c1ncc2c(n1)CN(Cc1c[nH]c3ccc(Cl)cc13)CC2. The summed E-state index contributed by atoms with van der Waals surface area (Å²) in [7, 11) is 0. The van der Waals surface area contributed by atoms with Gasteiger partial charge in [-0.3, -0.25) is 4.90 Å². The largest absolute Gasteiger partial charge is 0.361 e. The van der Waals surface area contributed by atoms with Crippen molar-refractivity contribution in [1.82, 2.24) is 19.9 Å². The van der Waals surface area contributed by atoms with Crippen molar-refractivity contribution < 1.29 is 0 Å². The van der Waals surface area contributed by atoms with Gasteiger partial charge in [0.05, 0.1) is 5.69 Å². The Labute approximate surface area is 146 Å². The minimum absolute atomic E-state index is 0.362. The normalized spacial score (nSPS) is 15.2. The summed E-state index contributed by atoms with van der Waals surface area (Å²) < 4.78 is 0. The Bertz CT molecular complexity index is 884. The Morgan fingerprint density at radius 1 is 1.33 bits per heavy atom. The maximum Gasteiger partial charge on any atom is 0.131 e. The van der Waals surface area contributed by atoms with E-state index in [1.54, 1.807) is 0 Å². The molecule has 3 aromatic rings. The van der Waals surface area contributed by atoms with E-state index in [0.29, 0.717) is 5.92 Å². The highest BCUT2D eigenvalue weighted by Crippen LogP contribution is 2.26. The molecule has 1 aliphatic rings. The van der Waals surface area contributed by atoms with Crippen LogP contribution in [0.15, 0.2) is 30.6 Å². The molecule has 124 valence electrons. The van der Waals surface area contributed by atoms with Gasteiger partial charge in [0.1, 0.15) is 5.82 Å². The minimum atomic E-state index is 0.362. The number of hydrogen-bond acceptors (Lipinski definition) is 3. The Kier molecular flexibility index (Phi) is 4.02. The molecule has 1 aliphatic heterocycles. The first-order valence-electron chi connectivity index (χ1n) is 8.42. The second kappa shape index (κ2) is 6.19. The zero-order chi connectivity index (χ0) is 16.7. The van der Waals surface area contributed by atoms with Crippen molar-refractivity contribution in [1.29, 1.82) is 0 Å². The molecule has 0 spiro atoms. The van der Waals surface area contributed by atoms with Gasteiger partial charge in [-0.05, 0) is 35.7 Å². The Morgan fingerprint density at radius 2 is 2.21 bits per heavy atom. The average Bonchev–Trinajstić information content (AvgIpc) is 2.96. The molecule has 0 unspecified atom stereocenters. The van der Waals surface area contributed by atoms with Gasteiger partial charge in [0, 0.05) is 53.9 Å². The van der Waals surface area contributed by atoms with Gasteiger partial charge in [0.15, 0.2) is 0 Å². The fraction of sp³-hybridized carbons (Fsp3) is 0.368. The number of aromatic amines is 1. The molecule has 24 heavy (non-hydrogen) atoms. The summed E-state index contributed by atoms with van der Waals surface area (Å²) in [6.45, 7) is 7.09. The summed E-state index contributed by atoms with van der Waals surface area (Å²) in [5.41, 5.74) is 4.89. The lowest BCUT2D eigenvalue weighted by atomic mass is 10.0. The lowest BCUT2D eigenvalue weighted by Crippen LogP contribution is -2.31. The third-order valence-electron chi connectivity index (χ3n) is 4.68. The Hall–Kier alpha value is -1.91. The molecule has 1 aromatic carbocycles. The van der Waals surface area contributed by atoms with Crippen molar-refractivity contribution in [2.45, 2.75) is 39.3 Å². The number of rotatable bonds is 3. The fourth-order valence-corrected chi connectivity index (χ4v) is 3.48. The quantitative estimate of drug-likeness (QED) is 0.773. The van der Waals surface area contributed by atoms with E-state index in [2.05, 4.69) is 34.9 Å². The van der Waals surface area contributed by atoms with E-state index >= 15 is 0 Å². The highest BCUT2D eigenvalue weighted by Gasteiger charge is 2.20. The van der Waals surface area contributed by atoms with Crippen molar-refractivity contribution in [3.8, 4) is 0 Å². The number of fused-ring (bicyclic) bond motifs is 2. The van der Waals surface area contributed by atoms with E-state index in [9.17, 15) is 0 Å². The molecule has 4 rings (SSSR count). The van der Waals surface area contributed by atoms with Crippen molar-refractivity contribution in [2.75, 3.05) is 6.54 Å². The van der Waals surface area contributed by atoms with Crippen molar-refractivity contribution in [2.24, 2.45) is 0 Å². The second-order valence-electron chi connectivity index (χ2n) is 6.82. The maximum atomic E-state index is 6.16. The first kappa shape index (κ1) is 15.6. The second-order valence-corrected chi connectivity index (χ2v) is 7.26. The first-order chi connectivity index (χ1) is 11.6. The van der Waals surface area contributed by atoms with Crippen LogP contribution in [0.2, 0.25) is 5.02 Å². The molecule has 0 saturated heterocycles. The third-order valence-corrected chi connectivity index (χ3v) is 4.92. The number of hydrogen-bond donors (Lipinski definition) is 1. The van der Waals surface area contributed by atoms with Gasteiger partial charge in [-0.25, -0.2) is 9.97 Å². The smallest absolute Gasteiger partial charge is 0.131 e. The monoisotopic (exact) mass is 340 g/mol. The lowest BCUT2D eigenvalue weighted by molar-refractivity contribution is 0.241. The van der Waals surface area contributed by atoms with Crippen LogP contribution < -0.4 is 0 Å². The summed E-state index contributed by atoms with van der Waals surface area (Å²) in [4.78, 5) is 15.1. The molecule has 0 amide bonds. The van der Waals surface area contributed by atoms with E-state index in [1.807, 2.05) is 24.4 Å². The van der Waals surface area contributed by atoms with Gasteiger partial charge >= 0.3 is 0 Å². The van der Waals surface area contributed by atoms with Gasteiger partial charge in [-0.1, -0.05) is 25.4 Å². The zero-order valence-corrected chi connectivity index (χ0v) is 14.8. The molecule has 0 bridgehead atoms. The van der Waals surface area contributed by atoms with Crippen LogP contribution in [0.25, 0.3) is 10.9 Å². The number of halogens is 1. The number of nitrogens with one attached hydrogen (secondary N) is 1. The highest BCUT2D eigenvalue weighted by molar-refractivity contribution is 6.31. The molecular weight excluding hydrogens is 320 g/mol. The number of benzene rings is 1. The van der Waals surface area contributed by atoms with Crippen LogP contribution in [0, 0.1) is 0 Å². The Morgan fingerprint density at radius 3 is 3.04 bits per heavy atom. The molecule has 0 fully saturated rings. The van der Waals surface area contributed by atoms with E-state index in [1.165, 1.54) is 22.2 Å². The van der Waals surface area contributed by atoms with Crippen LogP contribution in [0.5, 0.6) is 0 Å². The summed E-state index contributed by atoms with van der Waals surface area (Å²) in [5, 5.41) is 1.99. The van der Waals surface area contributed by atoms with Gasteiger partial charge in [0.25, 0.3) is 0 Å². The van der Waals surface area contributed by atoms with Crippen LogP contribution in [0.3, 0.4) is 0 Å². The molecule has 5 heteroatoms. The van der Waals surface area contributed by atoms with E-state index in [-0.39, 0.29) is 0 Å². The third kappa shape index (κ3) is 2.92. The lowest BCUT2D eigenvalue weighted by Gasteiger charge is -2.28. The van der Waals surface area contributed by atoms with Crippen LogP contribution in [0.1, 0.15) is 42.4 Å². The Balaban J connectivity index is 1.58. The van der Waals surface area contributed by atoms with E-state index < -0.39 is 0 Å². The van der Waals surface area contributed by atoms with E-state index in [0.717, 1.165) is 42.4 Å². The van der Waals surface area contributed by atoms with Gasteiger partial charge in [-0.15, -0.1) is 0 Å². The summed E-state index contributed by atoms with van der Waals surface area (Å²) in [5.74, 6) is 1.30. The molecule has 1 N–H and O–H groups in total. The topological polar surface area (TPSA) is 44.8 Å². The van der Waals surface area contributed by atoms with E-state index in [4.69, 9.17) is 16.6 Å². The molecule has 0 aliphatic carbocycles. The van der Waals surface area contributed by atoms with Crippen LogP contribution in [-0.2, 0) is 19.5 Å². The number of aromatic nitrogens is 3. The predicted molar refractivity (Wildman–Crippen MR) is 97.2 cm³/mol. The molecule has 0 saturated carbocycles. The molecular formula is C19H21ClN4. The highest BCUT2D eigenvalue weighted by atomic mass is 35.5. The predicted octanol–water partition coefficient (Wildman–Crippen LogP) is 4.29. The van der Waals surface area contributed by atoms with Gasteiger partial charge < -0.3 is 4.98 Å². The fourth-order valence-electron chi connectivity index (χ4n) is 3.31. The molecule has 3 heterocycles. The average molecular weight is 341 g/mol. The van der Waals surface area contributed by atoms with Crippen molar-refractivity contribution in [3.05, 3.63) is 58.3 Å². The molecule has 4 nitrogen and oxygen atoms in total. The summed E-state index contributed by atoms with van der Waals surface area (Å²) in [6.07, 6.45) is 5.12.